The molecule has 0 N–H and O–H groups in total. The lowest BCUT2D eigenvalue weighted by atomic mass is 9.98. The second-order valence-electron chi connectivity index (χ2n) is 5.35. The molecule has 0 aliphatic heterocycles. The van der Waals surface area contributed by atoms with E-state index >= 15 is 0 Å². The van der Waals surface area contributed by atoms with Crippen molar-refractivity contribution in [1.29, 1.82) is 0 Å². The van der Waals surface area contributed by atoms with Gasteiger partial charge in [-0.3, -0.25) is 9.59 Å². The van der Waals surface area contributed by atoms with Gasteiger partial charge in [-0.2, -0.15) is 0 Å². The highest BCUT2D eigenvalue weighted by molar-refractivity contribution is 5.66. The molecule has 118 valence electrons. The number of esters is 2. The van der Waals surface area contributed by atoms with Crippen LogP contribution in [0.3, 0.4) is 0 Å². The summed E-state index contributed by atoms with van der Waals surface area (Å²) in [6.07, 6.45) is 9.32. The van der Waals surface area contributed by atoms with Crippen LogP contribution in [0.4, 0.5) is 0 Å². The van der Waals surface area contributed by atoms with E-state index in [1.165, 1.54) is 46.0 Å². The fraction of sp³-hybridized carbons (Fsp3) is 0.875. The normalized spacial score (nSPS) is 11.9. The summed E-state index contributed by atoms with van der Waals surface area (Å²) in [4.78, 5) is 21.6. The minimum absolute atomic E-state index is 0.245. The molecule has 0 amide bonds. The van der Waals surface area contributed by atoms with Crippen LogP contribution in [0.15, 0.2) is 0 Å². The van der Waals surface area contributed by atoms with Crippen molar-refractivity contribution in [3.8, 4) is 0 Å². The van der Waals surface area contributed by atoms with Crippen LogP contribution < -0.4 is 0 Å². The molecule has 0 rings (SSSR count). The van der Waals surface area contributed by atoms with Gasteiger partial charge in [-0.1, -0.05) is 45.4 Å². The summed E-state index contributed by atoms with van der Waals surface area (Å²) >= 11 is 0. The van der Waals surface area contributed by atoms with Crippen molar-refractivity contribution in [2.45, 2.75) is 72.1 Å². The van der Waals surface area contributed by atoms with Gasteiger partial charge in [-0.25, -0.2) is 0 Å². The van der Waals surface area contributed by atoms with E-state index in [1.807, 2.05) is 0 Å². The number of carbonyl (C=O) groups excluding carboxylic acids is 2. The van der Waals surface area contributed by atoms with Crippen LogP contribution in [0, 0.1) is 5.92 Å². The van der Waals surface area contributed by atoms with E-state index in [2.05, 4.69) is 6.92 Å². The van der Waals surface area contributed by atoms with Crippen molar-refractivity contribution >= 4 is 11.9 Å². The quantitative estimate of drug-likeness (QED) is 0.404. The summed E-state index contributed by atoms with van der Waals surface area (Å²) in [6.45, 7) is 5.90. The Kier molecular flexibility index (Phi) is 12.3. The molecule has 0 saturated carbocycles. The number of hydrogen-bond donors (Lipinski definition) is 0. The highest BCUT2D eigenvalue weighted by Crippen LogP contribution is 2.16. The summed E-state index contributed by atoms with van der Waals surface area (Å²) in [5.41, 5.74) is 0. The van der Waals surface area contributed by atoms with Gasteiger partial charge >= 0.3 is 11.9 Å². The van der Waals surface area contributed by atoms with Crippen molar-refractivity contribution in [3.63, 3.8) is 0 Å². The zero-order valence-corrected chi connectivity index (χ0v) is 13.3. The molecule has 4 heteroatoms. The van der Waals surface area contributed by atoms with E-state index in [0.29, 0.717) is 19.1 Å². The lowest BCUT2D eigenvalue weighted by Gasteiger charge is -2.16. The van der Waals surface area contributed by atoms with E-state index in [9.17, 15) is 9.59 Å². The largest absolute Gasteiger partial charge is 0.466 e. The van der Waals surface area contributed by atoms with Crippen LogP contribution in [-0.4, -0.2) is 25.2 Å². The van der Waals surface area contributed by atoms with Gasteiger partial charge in [-0.05, 0) is 18.8 Å². The molecule has 0 aliphatic carbocycles. The minimum atomic E-state index is -0.254. The van der Waals surface area contributed by atoms with Gasteiger partial charge in [0.25, 0.3) is 0 Å². The standard InChI is InChI=1S/C16H30O4/c1-4-5-6-7-8-9-10-16(13-20-15(3)18)11-12-19-14(2)17/h16H,4-13H2,1-3H3/t16-/m1/s1. The molecule has 4 nitrogen and oxygen atoms in total. The zero-order chi connectivity index (χ0) is 15.2. The summed E-state index contributed by atoms with van der Waals surface area (Å²) in [6, 6.07) is 0. The van der Waals surface area contributed by atoms with E-state index in [1.54, 1.807) is 0 Å². The molecule has 0 fully saturated rings. The number of rotatable bonds is 12. The predicted molar refractivity (Wildman–Crippen MR) is 79.4 cm³/mol. The van der Waals surface area contributed by atoms with E-state index in [0.717, 1.165) is 19.3 Å². The highest BCUT2D eigenvalue weighted by Gasteiger charge is 2.11. The third-order valence-corrected chi connectivity index (χ3v) is 3.32. The van der Waals surface area contributed by atoms with Crippen molar-refractivity contribution in [2.24, 2.45) is 5.92 Å². The Labute approximate surface area is 123 Å². The molecule has 20 heavy (non-hydrogen) atoms. The van der Waals surface area contributed by atoms with Gasteiger partial charge in [0.1, 0.15) is 0 Å². The van der Waals surface area contributed by atoms with Crippen LogP contribution in [0.2, 0.25) is 0 Å². The average molecular weight is 286 g/mol. The fourth-order valence-corrected chi connectivity index (χ4v) is 2.13. The minimum Gasteiger partial charge on any atom is -0.466 e. The lowest BCUT2D eigenvalue weighted by Crippen LogP contribution is -2.15. The molecular weight excluding hydrogens is 256 g/mol. The van der Waals surface area contributed by atoms with Gasteiger partial charge in [-0.15, -0.1) is 0 Å². The van der Waals surface area contributed by atoms with Gasteiger partial charge in [0.2, 0.25) is 0 Å². The lowest BCUT2D eigenvalue weighted by molar-refractivity contribution is -0.145. The maximum atomic E-state index is 10.9. The molecule has 0 radical (unpaired) electrons. The summed E-state index contributed by atoms with van der Waals surface area (Å²) < 4.78 is 10.0. The van der Waals surface area contributed by atoms with Crippen LogP contribution in [0.25, 0.3) is 0 Å². The monoisotopic (exact) mass is 286 g/mol. The average Bonchev–Trinajstić information content (AvgIpc) is 2.38. The van der Waals surface area contributed by atoms with Crippen LogP contribution >= 0.6 is 0 Å². The first-order valence-corrected chi connectivity index (χ1v) is 7.83. The Balaban J connectivity index is 3.79. The van der Waals surface area contributed by atoms with Gasteiger partial charge < -0.3 is 9.47 Å². The number of unbranched alkanes of at least 4 members (excludes halogenated alkanes) is 5. The third kappa shape index (κ3) is 13.4. The Morgan fingerprint density at radius 2 is 1.45 bits per heavy atom. The maximum absolute atomic E-state index is 10.9. The molecule has 0 aromatic carbocycles. The highest BCUT2D eigenvalue weighted by atomic mass is 16.5. The fourth-order valence-electron chi connectivity index (χ4n) is 2.13. The first-order valence-electron chi connectivity index (χ1n) is 7.83. The number of hydrogen-bond acceptors (Lipinski definition) is 4. The second-order valence-corrected chi connectivity index (χ2v) is 5.35. The van der Waals surface area contributed by atoms with E-state index < -0.39 is 0 Å². The molecule has 0 saturated heterocycles. The second kappa shape index (κ2) is 12.9. The summed E-state index contributed by atoms with van der Waals surface area (Å²) in [7, 11) is 0. The van der Waals surface area contributed by atoms with Crippen molar-refractivity contribution in [3.05, 3.63) is 0 Å². The van der Waals surface area contributed by atoms with E-state index in [4.69, 9.17) is 9.47 Å². The molecule has 0 aliphatic rings. The number of carbonyl (C=O) groups is 2. The molecule has 0 aromatic heterocycles. The number of ether oxygens (including phenoxy) is 2. The van der Waals surface area contributed by atoms with Crippen molar-refractivity contribution < 1.29 is 19.1 Å². The molecule has 0 unspecified atom stereocenters. The van der Waals surface area contributed by atoms with Crippen LogP contribution in [0.1, 0.15) is 72.1 Å². The van der Waals surface area contributed by atoms with Crippen molar-refractivity contribution in [2.75, 3.05) is 13.2 Å². The van der Waals surface area contributed by atoms with Crippen molar-refractivity contribution in [1.82, 2.24) is 0 Å². The topological polar surface area (TPSA) is 52.6 Å². The third-order valence-electron chi connectivity index (χ3n) is 3.32. The SMILES string of the molecule is CCCCCCCC[C@H](CCOC(C)=O)COC(C)=O. The first-order chi connectivity index (χ1) is 9.56. The molecule has 0 heterocycles. The van der Waals surface area contributed by atoms with Gasteiger partial charge in [0.15, 0.2) is 0 Å². The smallest absolute Gasteiger partial charge is 0.302 e. The van der Waals surface area contributed by atoms with Crippen LogP contribution in [-0.2, 0) is 19.1 Å². The molecule has 1 atom stereocenters. The Hall–Kier alpha value is -1.06. The van der Waals surface area contributed by atoms with E-state index in [-0.39, 0.29) is 11.9 Å². The first kappa shape index (κ1) is 18.9. The molecule has 0 aromatic rings. The molecule has 0 bridgehead atoms. The predicted octanol–water partition coefficient (Wildman–Crippen LogP) is 3.87. The van der Waals surface area contributed by atoms with Gasteiger partial charge in [0, 0.05) is 13.8 Å². The molecule has 0 spiro atoms. The Morgan fingerprint density at radius 3 is 2.05 bits per heavy atom. The molecular formula is C16H30O4. The Bertz CT molecular complexity index is 263. The zero-order valence-electron chi connectivity index (χ0n) is 13.3. The maximum Gasteiger partial charge on any atom is 0.302 e. The Morgan fingerprint density at radius 1 is 0.850 bits per heavy atom. The summed E-state index contributed by atoms with van der Waals surface area (Å²) in [5, 5.41) is 0. The van der Waals surface area contributed by atoms with Gasteiger partial charge in [0.05, 0.1) is 13.2 Å². The van der Waals surface area contributed by atoms with Crippen LogP contribution in [0.5, 0.6) is 0 Å². The summed E-state index contributed by atoms with van der Waals surface area (Å²) in [5.74, 6) is -0.203.